The highest BCUT2D eigenvalue weighted by Crippen LogP contribution is 2.37. The molecule has 5 heteroatoms. The number of aryl methyl sites for hydroxylation is 1. The first-order valence-corrected chi connectivity index (χ1v) is 10.3. The van der Waals surface area contributed by atoms with Crippen LogP contribution in [-0.2, 0) is 11.2 Å². The molecule has 1 atom stereocenters. The van der Waals surface area contributed by atoms with Gasteiger partial charge in [0.25, 0.3) is 0 Å². The number of nitrogens with zero attached hydrogens (tertiary/aromatic N) is 1. The summed E-state index contributed by atoms with van der Waals surface area (Å²) >= 11 is 8.07. The lowest BCUT2D eigenvalue weighted by atomic mass is 9.93. The number of hydrogen-bond donors (Lipinski definition) is 1. The van der Waals surface area contributed by atoms with Crippen molar-refractivity contribution in [1.29, 1.82) is 0 Å². The fourth-order valence-corrected chi connectivity index (χ4v) is 4.85. The van der Waals surface area contributed by atoms with Crippen LogP contribution >= 0.6 is 22.9 Å². The van der Waals surface area contributed by atoms with Crippen molar-refractivity contribution < 1.29 is 4.79 Å². The lowest BCUT2D eigenvalue weighted by molar-refractivity contribution is -0.117. The summed E-state index contributed by atoms with van der Waals surface area (Å²) in [5.41, 5.74) is 4.27. The number of carbonyl (C=O) groups excluding carboxylic acids is 1. The van der Waals surface area contributed by atoms with E-state index < -0.39 is 0 Å². The first-order chi connectivity index (χ1) is 13.1. The Kier molecular flexibility index (Phi) is 5.30. The summed E-state index contributed by atoms with van der Waals surface area (Å²) < 4.78 is 0. The summed E-state index contributed by atoms with van der Waals surface area (Å²) in [6.45, 7) is 3.18. The zero-order chi connectivity index (χ0) is 18.8. The third-order valence-electron chi connectivity index (χ3n) is 4.93. The third-order valence-corrected chi connectivity index (χ3v) is 6.24. The van der Waals surface area contributed by atoms with Crippen LogP contribution < -0.4 is 5.32 Å². The molecule has 1 amide bonds. The van der Waals surface area contributed by atoms with E-state index in [0.717, 1.165) is 18.5 Å². The van der Waals surface area contributed by atoms with Crippen molar-refractivity contribution in [3.05, 3.63) is 86.6 Å². The number of fused-ring (bicyclic) bond motifs is 1. The molecule has 2 aromatic carbocycles. The van der Waals surface area contributed by atoms with Crippen LogP contribution in [0.2, 0.25) is 5.02 Å². The molecule has 3 aromatic rings. The monoisotopic (exact) mass is 396 g/mol. The van der Waals surface area contributed by atoms with Crippen molar-refractivity contribution in [1.82, 2.24) is 4.90 Å². The first kappa shape index (κ1) is 18.2. The Hall–Kier alpha value is -2.14. The summed E-state index contributed by atoms with van der Waals surface area (Å²) in [5.74, 6) is -0.0413. The smallest absolute Gasteiger partial charge is 0.238 e. The molecule has 4 rings (SSSR count). The Morgan fingerprint density at radius 1 is 1.22 bits per heavy atom. The average molecular weight is 397 g/mol. The van der Waals surface area contributed by atoms with E-state index in [0.29, 0.717) is 17.3 Å². The maximum absolute atomic E-state index is 12.7. The number of nitrogens with one attached hydrogen (secondary N) is 1. The van der Waals surface area contributed by atoms with Gasteiger partial charge in [0, 0.05) is 11.4 Å². The molecule has 138 valence electrons. The van der Waals surface area contributed by atoms with Gasteiger partial charge >= 0.3 is 0 Å². The van der Waals surface area contributed by atoms with Crippen molar-refractivity contribution in [3.63, 3.8) is 0 Å². The Morgan fingerprint density at radius 2 is 2.04 bits per heavy atom. The summed E-state index contributed by atoms with van der Waals surface area (Å²) in [4.78, 5) is 16.4. The lowest BCUT2D eigenvalue weighted by Crippen LogP contribution is -2.40. The van der Waals surface area contributed by atoms with Gasteiger partial charge in [-0.25, -0.2) is 0 Å². The highest BCUT2D eigenvalue weighted by Gasteiger charge is 2.30. The normalized spacial score (nSPS) is 16.7. The van der Waals surface area contributed by atoms with Crippen LogP contribution in [0.3, 0.4) is 0 Å². The number of benzene rings is 2. The highest BCUT2D eigenvalue weighted by molar-refractivity contribution is 7.10. The molecule has 2 heterocycles. The zero-order valence-electron chi connectivity index (χ0n) is 15.1. The van der Waals surface area contributed by atoms with E-state index in [4.69, 9.17) is 11.6 Å². The lowest BCUT2D eigenvalue weighted by Gasteiger charge is -2.35. The van der Waals surface area contributed by atoms with Gasteiger partial charge in [-0.3, -0.25) is 9.69 Å². The van der Waals surface area contributed by atoms with Gasteiger partial charge in [-0.05, 0) is 53.6 Å². The molecule has 1 aliphatic heterocycles. The summed E-state index contributed by atoms with van der Waals surface area (Å²) in [7, 11) is 0. The van der Waals surface area contributed by atoms with Crippen LogP contribution in [0.25, 0.3) is 0 Å². The molecule has 0 aliphatic carbocycles. The standard InChI is InChI=1S/C22H21ClN2OS/c1-15-7-8-19(18(23)13-15)24-21(26)14-25-11-9-20-17(10-12-27-20)22(25)16-5-3-2-4-6-16/h2-8,10,12-13,22H,9,11,14H2,1H3,(H,24,26)/t22-/m1/s1. The van der Waals surface area contributed by atoms with Crippen molar-refractivity contribution in [3.8, 4) is 0 Å². The van der Waals surface area contributed by atoms with Crippen LogP contribution in [0, 0.1) is 6.92 Å². The van der Waals surface area contributed by atoms with Crippen molar-refractivity contribution in [2.45, 2.75) is 19.4 Å². The minimum absolute atomic E-state index is 0.0413. The van der Waals surface area contributed by atoms with Gasteiger partial charge in [0.1, 0.15) is 0 Å². The molecule has 3 nitrogen and oxygen atoms in total. The first-order valence-electron chi connectivity index (χ1n) is 9.03. The molecular formula is C22H21ClN2OS. The molecule has 0 spiro atoms. The predicted molar refractivity (Wildman–Crippen MR) is 113 cm³/mol. The number of halogens is 1. The molecule has 0 bridgehead atoms. The minimum atomic E-state index is -0.0413. The highest BCUT2D eigenvalue weighted by atomic mass is 35.5. The van der Waals surface area contributed by atoms with Gasteiger partial charge in [0.05, 0.1) is 23.3 Å². The van der Waals surface area contributed by atoms with Gasteiger partial charge in [0.2, 0.25) is 5.91 Å². The van der Waals surface area contributed by atoms with Gasteiger partial charge in [-0.1, -0.05) is 48.0 Å². The second-order valence-electron chi connectivity index (χ2n) is 6.86. The quantitative estimate of drug-likeness (QED) is 0.649. The molecule has 0 saturated carbocycles. The summed E-state index contributed by atoms with van der Waals surface area (Å²) in [6.07, 6.45) is 0.981. The van der Waals surface area contributed by atoms with Crippen molar-refractivity contribution in [2.75, 3.05) is 18.4 Å². The second-order valence-corrected chi connectivity index (χ2v) is 8.27. The molecule has 0 saturated heterocycles. The molecular weight excluding hydrogens is 376 g/mol. The number of hydrogen-bond acceptors (Lipinski definition) is 3. The maximum Gasteiger partial charge on any atom is 0.238 e. The van der Waals surface area contributed by atoms with Crippen LogP contribution in [0.15, 0.2) is 60.0 Å². The molecule has 1 N–H and O–H groups in total. The number of anilines is 1. The fraction of sp³-hybridized carbons (Fsp3) is 0.227. The Morgan fingerprint density at radius 3 is 2.81 bits per heavy atom. The average Bonchev–Trinajstić information content (AvgIpc) is 3.13. The van der Waals surface area contributed by atoms with E-state index in [2.05, 4.69) is 45.9 Å². The largest absolute Gasteiger partial charge is 0.324 e. The number of rotatable bonds is 4. The van der Waals surface area contributed by atoms with Crippen molar-refractivity contribution in [2.24, 2.45) is 0 Å². The van der Waals surface area contributed by atoms with Crippen LogP contribution in [-0.4, -0.2) is 23.9 Å². The SMILES string of the molecule is Cc1ccc(NC(=O)CN2CCc3sccc3[C@H]2c2ccccc2)c(Cl)c1. The predicted octanol–water partition coefficient (Wildman–Crippen LogP) is 5.30. The molecule has 0 radical (unpaired) electrons. The second kappa shape index (κ2) is 7.85. The molecule has 1 aliphatic rings. The van der Waals surface area contributed by atoms with E-state index in [1.54, 1.807) is 11.3 Å². The summed E-state index contributed by atoms with van der Waals surface area (Å²) in [6, 6.07) is 18.4. The number of amides is 1. The topological polar surface area (TPSA) is 32.3 Å². The van der Waals surface area contributed by atoms with E-state index in [-0.39, 0.29) is 11.9 Å². The third kappa shape index (κ3) is 3.93. The van der Waals surface area contributed by atoms with Crippen LogP contribution in [0.1, 0.15) is 27.6 Å². The molecule has 0 fully saturated rings. The molecule has 27 heavy (non-hydrogen) atoms. The molecule has 1 aromatic heterocycles. The Bertz CT molecular complexity index is 954. The fourth-order valence-electron chi connectivity index (χ4n) is 3.66. The number of carbonyl (C=O) groups is 1. The minimum Gasteiger partial charge on any atom is -0.324 e. The van der Waals surface area contributed by atoms with Crippen LogP contribution in [0.5, 0.6) is 0 Å². The van der Waals surface area contributed by atoms with E-state index in [1.165, 1.54) is 16.0 Å². The van der Waals surface area contributed by atoms with Gasteiger partial charge in [-0.2, -0.15) is 0 Å². The van der Waals surface area contributed by atoms with E-state index in [9.17, 15) is 4.79 Å². The number of thiophene rings is 1. The maximum atomic E-state index is 12.7. The van der Waals surface area contributed by atoms with Gasteiger partial charge in [0.15, 0.2) is 0 Å². The van der Waals surface area contributed by atoms with E-state index >= 15 is 0 Å². The zero-order valence-corrected chi connectivity index (χ0v) is 16.7. The Labute approximate surface area is 168 Å². The van der Waals surface area contributed by atoms with Crippen LogP contribution in [0.4, 0.5) is 5.69 Å². The van der Waals surface area contributed by atoms with Gasteiger partial charge in [-0.15, -0.1) is 11.3 Å². The van der Waals surface area contributed by atoms with Crippen molar-refractivity contribution >= 4 is 34.5 Å². The van der Waals surface area contributed by atoms with E-state index in [1.807, 2.05) is 31.2 Å². The molecule has 0 unspecified atom stereocenters. The van der Waals surface area contributed by atoms with Gasteiger partial charge < -0.3 is 5.32 Å². The Balaban J connectivity index is 1.56. The summed E-state index contributed by atoms with van der Waals surface area (Å²) in [5, 5.41) is 5.68.